The summed E-state index contributed by atoms with van der Waals surface area (Å²) in [6.07, 6.45) is 5.59. The zero-order chi connectivity index (χ0) is 20.0. The lowest BCUT2D eigenvalue weighted by Crippen LogP contribution is -2.41. The number of benzene rings is 1. The SMILES string of the molecule is C#Cc1cc([N+](=O)[O-])cc(S(=O)(=O)N2CCOCC2)c1N(CCBr)CCBr. The summed E-state index contributed by atoms with van der Waals surface area (Å²) in [4.78, 5) is 12.4. The van der Waals surface area contributed by atoms with Crippen molar-refractivity contribution in [3.8, 4) is 12.3 Å². The van der Waals surface area contributed by atoms with E-state index in [9.17, 15) is 18.5 Å². The number of anilines is 1. The van der Waals surface area contributed by atoms with E-state index in [2.05, 4.69) is 37.8 Å². The molecule has 0 aromatic heterocycles. The topological polar surface area (TPSA) is 93.0 Å². The predicted molar refractivity (Wildman–Crippen MR) is 110 cm³/mol. The van der Waals surface area contributed by atoms with E-state index in [1.165, 1.54) is 10.4 Å². The number of alkyl halides is 2. The number of hydrogen-bond donors (Lipinski definition) is 0. The van der Waals surface area contributed by atoms with Crippen LogP contribution < -0.4 is 4.90 Å². The molecule has 0 N–H and O–H groups in total. The van der Waals surface area contributed by atoms with Gasteiger partial charge >= 0.3 is 0 Å². The summed E-state index contributed by atoms with van der Waals surface area (Å²) in [6.45, 7) is 1.91. The van der Waals surface area contributed by atoms with Crippen LogP contribution in [0.4, 0.5) is 11.4 Å². The van der Waals surface area contributed by atoms with Crippen LogP contribution in [-0.2, 0) is 14.8 Å². The predicted octanol–water partition coefficient (Wildman–Crippen LogP) is 2.19. The minimum atomic E-state index is -3.98. The third-order valence-electron chi connectivity index (χ3n) is 4.04. The van der Waals surface area contributed by atoms with Crippen molar-refractivity contribution >= 4 is 53.3 Å². The molecule has 0 amide bonds. The van der Waals surface area contributed by atoms with Crippen molar-refractivity contribution in [1.82, 2.24) is 4.31 Å². The van der Waals surface area contributed by atoms with Crippen LogP contribution >= 0.6 is 31.9 Å². The first kappa shape index (κ1) is 22.1. The Balaban J connectivity index is 2.73. The molecule has 11 heteroatoms. The molecule has 0 aliphatic carbocycles. The molecular formula is C16H19Br2N3O5S. The van der Waals surface area contributed by atoms with Crippen molar-refractivity contribution in [3.63, 3.8) is 0 Å². The molecule has 0 saturated carbocycles. The van der Waals surface area contributed by atoms with E-state index in [1.54, 1.807) is 0 Å². The van der Waals surface area contributed by atoms with Gasteiger partial charge in [-0.05, 0) is 0 Å². The molecule has 2 rings (SSSR count). The van der Waals surface area contributed by atoms with Gasteiger partial charge in [-0.25, -0.2) is 8.42 Å². The van der Waals surface area contributed by atoms with Crippen molar-refractivity contribution in [2.24, 2.45) is 0 Å². The summed E-state index contributed by atoms with van der Waals surface area (Å²) in [6, 6.07) is 2.33. The van der Waals surface area contributed by atoms with Crippen LogP contribution in [-0.4, -0.2) is 67.7 Å². The highest BCUT2D eigenvalue weighted by Gasteiger charge is 2.33. The van der Waals surface area contributed by atoms with Gasteiger partial charge in [0.2, 0.25) is 10.0 Å². The van der Waals surface area contributed by atoms with Gasteiger partial charge in [0, 0.05) is 49.0 Å². The Morgan fingerprint density at radius 1 is 1.26 bits per heavy atom. The number of rotatable bonds is 8. The summed E-state index contributed by atoms with van der Waals surface area (Å²) >= 11 is 6.72. The van der Waals surface area contributed by atoms with Gasteiger partial charge < -0.3 is 9.64 Å². The number of hydrogen-bond acceptors (Lipinski definition) is 6. The number of sulfonamides is 1. The first-order valence-electron chi connectivity index (χ1n) is 8.10. The molecule has 1 fully saturated rings. The van der Waals surface area contributed by atoms with Crippen molar-refractivity contribution in [2.75, 3.05) is 55.0 Å². The minimum Gasteiger partial charge on any atom is -0.379 e. The summed E-state index contributed by atoms with van der Waals surface area (Å²) < 4.78 is 33.1. The van der Waals surface area contributed by atoms with E-state index in [0.29, 0.717) is 29.4 Å². The number of morpholine rings is 1. The number of non-ortho nitro benzene ring substituents is 1. The van der Waals surface area contributed by atoms with Gasteiger partial charge in [-0.3, -0.25) is 10.1 Å². The Hall–Kier alpha value is -1.19. The maximum absolute atomic E-state index is 13.3. The van der Waals surface area contributed by atoms with E-state index in [0.717, 1.165) is 6.07 Å². The average molecular weight is 525 g/mol. The lowest BCUT2D eigenvalue weighted by molar-refractivity contribution is -0.385. The summed E-state index contributed by atoms with van der Waals surface area (Å²) in [7, 11) is -3.98. The molecule has 8 nitrogen and oxygen atoms in total. The third-order valence-corrected chi connectivity index (χ3v) is 6.66. The Labute approximate surface area is 175 Å². The van der Waals surface area contributed by atoms with Crippen LogP contribution in [0.1, 0.15) is 5.56 Å². The number of nitro benzene ring substituents is 1. The second kappa shape index (κ2) is 9.84. The lowest BCUT2D eigenvalue weighted by Gasteiger charge is -2.30. The van der Waals surface area contributed by atoms with Gasteiger partial charge in [-0.1, -0.05) is 37.8 Å². The number of ether oxygens (including phenoxy) is 1. The smallest absolute Gasteiger partial charge is 0.272 e. The quantitative estimate of drug-likeness (QED) is 0.224. The molecule has 1 aromatic carbocycles. The monoisotopic (exact) mass is 523 g/mol. The number of halogens is 2. The van der Waals surface area contributed by atoms with Gasteiger partial charge in [0.25, 0.3) is 5.69 Å². The molecule has 27 heavy (non-hydrogen) atoms. The first-order chi connectivity index (χ1) is 12.9. The molecule has 0 unspecified atom stereocenters. The van der Waals surface area contributed by atoms with E-state index in [4.69, 9.17) is 11.2 Å². The van der Waals surface area contributed by atoms with Gasteiger partial charge in [0.05, 0.1) is 29.4 Å². The normalized spacial score (nSPS) is 15.3. The zero-order valence-electron chi connectivity index (χ0n) is 14.4. The molecule has 0 atom stereocenters. The highest BCUT2D eigenvalue weighted by Crippen LogP contribution is 2.35. The maximum Gasteiger partial charge on any atom is 0.272 e. The highest BCUT2D eigenvalue weighted by atomic mass is 79.9. The van der Waals surface area contributed by atoms with Gasteiger partial charge in [0.15, 0.2) is 0 Å². The summed E-state index contributed by atoms with van der Waals surface area (Å²) in [5.41, 5.74) is 0.141. The van der Waals surface area contributed by atoms with Crippen molar-refractivity contribution in [3.05, 3.63) is 27.8 Å². The number of nitrogens with zero attached hydrogens (tertiary/aromatic N) is 3. The van der Waals surface area contributed by atoms with Crippen LogP contribution in [0.5, 0.6) is 0 Å². The largest absolute Gasteiger partial charge is 0.379 e. The van der Waals surface area contributed by atoms with Crippen molar-refractivity contribution < 1.29 is 18.1 Å². The fourth-order valence-corrected chi connectivity index (χ4v) is 5.31. The molecule has 1 heterocycles. The summed E-state index contributed by atoms with van der Waals surface area (Å²) in [5, 5.41) is 12.5. The Bertz CT molecular complexity index is 829. The molecule has 1 aliphatic rings. The maximum atomic E-state index is 13.3. The Morgan fingerprint density at radius 3 is 2.33 bits per heavy atom. The highest BCUT2D eigenvalue weighted by molar-refractivity contribution is 9.09. The molecule has 1 aliphatic heterocycles. The van der Waals surface area contributed by atoms with Crippen molar-refractivity contribution in [2.45, 2.75) is 4.90 Å². The number of terminal acetylenes is 1. The van der Waals surface area contributed by atoms with E-state index >= 15 is 0 Å². The van der Waals surface area contributed by atoms with Gasteiger partial charge in [0.1, 0.15) is 4.90 Å². The zero-order valence-corrected chi connectivity index (χ0v) is 18.4. The van der Waals surface area contributed by atoms with E-state index < -0.39 is 14.9 Å². The second-order valence-electron chi connectivity index (χ2n) is 5.62. The molecule has 0 spiro atoms. The molecular weight excluding hydrogens is 506 g/mol. The van der Waals surface area contributed by atoms with Gasteiger partial charge in [-0.2, -0.15) is 4.31 Å². The van der Waals surface area contributed by atoms with Crippen LogP contribution in [0.2, 0.25) is 0 Å². The Kier molecular flexibility index (Phi) is 8.05. The summed E-state index contributed by atoms with van der Waals surface area (Å²) in [5.74, 6) is 2.42. The second-order valence-corrected chi connectivity index (χ2v) is 9.12. The van der Waals surface area contributed by atoms with Crippen LogP contribution in [0.25, 0.3) is 0 Å². The fraction of sp³-hybridized carbons (Fsp3) is 0.500. The molecule has 1 saturated heterocycles. The molecule has 1 aromatic rings. The van der Waals surface area contributed by atoms with Crippen LogP contribution in [0, 0.1) is 22.5 Å². The molecule has 0 radical (unpaired) electrons. The van der Waals surface area contributed by atoms with E-state index in [1.807, 2.05) is 4.90 Å². The standard InChI is InChI=1S/C16H19Br2N3O5S/c1-2-13-11-14(21(22)23)12-15(16(13)19(5-3-17)6-4-18)27(24,25)20-7-9-26-10-8-20/h1,11-12H,3-10H2. The number of nitro groups is 1. The minimum absolute atomic E-state index is 0.145. The van der Waals surface area contributed by atoms with Crippen molar-refractivity contribution in [1.29, 1.82) is 0 Å². The molecule has 0 bridgehead atoms. The lowest BCUT2D eigenvalue weighted by atomic mass is 10.1. The average Bonchev–Trinajstić information content (AvgIpc) is 2.67. The van der Waals surface area contributed by atoms with Gasteiger partial charge in [-0.15, -0.1) is 6.42 Å². The molecule has 148 valence electrons. The first-order valence-corrected chi connectivity index (χ1v) is 11.8. The van der Waals surface area contributed by atoms with E-state index in [-0.39, 0.29) is 42.4 Å². The van der Waals surface area contributed by atoms with Crippen LogP contribution in [0.3, 0.4) is 0 Å². The third kappa shape index (κ3) is 5.00. The fourth-order valence-electron chi connectivity index (χ4n) is 2.80. The Morgan fingerprint density at radius 2 is 1.85 bits per heavy atom. The van der Waals surface area contributed by atoms with Crippen LogP contribution in [0.15, 0.2) is 17.0 Å².